The van der Waals surface area contributed by atoms with Crippen LogP contribution in [0.4, 0.5) is 4.39 Å². The van der Waals surface area contributed by atoms with Gasteiger partial charge in [-0.2, -0.15) is 0 Å². The van der Waals surface area contributed by atoms with Crippen LogP contribution in [-0.2, 0) is 4.79 Å². The van der Waals surface area contributed by atoms with Crippen molar-refractivity contribution in [3.05, 3.63) is 29.8 Å². The number of amides is 2. The summed E-state index contributed by atoms with van der Waals surface area (Å²) in [5.41, 5.74) is 0.0519. The summed E-state index contributed by atoms with van der Waals surface area (Å²) in [4.78, 5) is 28.7. The number of nitrogens with one attached hydrogen (secondary N) is 1. The van der Waals surface area contributed by atoms with Gasteiger partial charge in [-0.05, 0) is 18.9 Å². The third-order valence-electron chi connectivity index (χ3n) is 3.47. The van der Waals surface area contributed by atoms with Crippen LogP contribution in [0.15, 0.2) is 18.5 Å². The van der Waals surface area contributed by atoms with Crippen molar-refractivity contribution >= 4 is 11.8 Å². The number of likely N-dealkylation sites (tertiary alicyclic amines) is 1. The number of piperidine rings is 1. The summed E-state index contributed by atoms with van der Waals surface area (Å²) in [6.45, 7) is 2.85. The lowest BCUT2D eigenvalue weighted by Crippen LogP contribution is -2.46. The van der Waals surface area contributed by atoms with E-state index >= 15 is 0 Å². The summed E-state index contributed by atoms with van der Waals surface area (Å²) in [5.74, 6) is -0.890. The minimum Gasteiger partial charge on any atom is -0.353 e. The highest BCUT2D eigenvalue weighted by molar-refractivity contribution is 5.94. The normalized spacial score (nSPS) is 16.0. The first kappa shape index (κ1) is 14.4. The van der Waals surface area contributed by atoms with Crippen LogP contribution in [0.5, 0.6) is 0 Å². The van der Waals surface area contributed by atoms with Gasteiger partial charge < -0.3 is 10.2 Å². The van der Waals surface area contributed by atoms with Crippen molar-refractivity contribution in [3.63, 3.8) is 0 Å². The molecule has 2 amide bonds. The van der Waals surface area contributed by atoms with Gasteiger partial charge in [0.15, 0.2) is 5.82 Å². The average molecular weight is 279 g/mol. The summed E-state index contributed by atoms with van der Waals surface area (Å²) < 4.78 is 13.5. The first-order chi connectivity index (χ1) is 9.61. The van der Waals surface area contributed by atoms with Gasteiger partial charge in [-0.15, -0.1) is 0 Å². The minimum atomic E-state index is -0.598. The van der Waals surface area contributed by atoms with E-state index in [0.717, 1.165) is 6.20 Å². The first-order valence-electron chi connectivity index (χ1n) is 6.80. The summed E-state index contributed by atoms with van der Waals surface area (Å²) >= 11 is 0. The smallest absolute Gasteiger partial charge is 0.256 e. The van der Waals surface area contributed by atoms with Crippen molar-refractivity contribution in [1.82, 2.24) is 15.2 Å². The number of hydrogen-bond acceptors (Lipinski definition) is 3. The molecule has 0 saturated carbocycles. The molecule has 0 bridgehead atoms. The number of pyridine rings is 1. The van der Waals surface area contributed by atoms with E-state index in [4.69, 9.17) is 0 Å². The molecule has 1 aliphatic rings. The van der Waals surface area contributed by atoms with E-state index < -0.39 is 5.82 Å². The van der Waals surface area contributed by atoms with Crippen molar-refractivity contribution in [2.24, 2.45) is 0 Å². The number of rotatable bonds is 3. The monoisotopic (exact) mass is 279 g/mol. The molecule has 2 heterocycles. The molecule has 0 spiro atoms. The molecule has 5 nitrogen and oxygen atoms in total. The Kier molecular flexibility index (Phi) is 4.65. The second-order valence-corrected chi connectivity index (χ2v) is 4.84. The Bertz CT molecular complexity index is 499. The van der Waals surface area contributed by atoms with Crippen LogP contribution >= 0.6 is 0 Å². The summed E-state index contributed by atoms with van der Waals surface area (Å²) in [6.07, 6.45) is 4.31. The van der Waals surface area contributed by atoms with Gasteiger partial charge in [-0.3, -0.25) is 14.6 Å². The molecule has 2 rings (SSSR count). The number of carbonyl (C=O) groups excluding carboxylic acids is 2. The second-order valence-electron chi connectivity index (χ2n) is 4.84. The fourth-order valence-electron chi connectivity index (χ4n) is 2.28. The fraction of sp³-hybridized carbons (Fsp3) is 0.500. The van der Waals surface area contributed by atoms with Gasteiger partial charge >= 0.3 is 0 Å². The maximum atomic E-state index is 13.5. The Labute approximate surface area is 117 Å². The molecular formula is C14H18FN3O2. The Morgan fingerprint density at radius 1 is 1.45 bits per heavy atom. The largest absolute Gasteiger partial charge is 0.353 e. The van der Waals surface area contributed by atoms with E-state index in [1.807, 2.05) is 0 Å². The lowest BCUT2D eigenvalue weighted by atomic mass is 10.0. The number of halogens is 1. The van der Waals surface area contributed by atoms with Gasteiger partial charge in [0.25, 0.3) is 5.91 Å². The molecule has 1 fully saturated rings. The minimum absolute atomic E-state index is 0.0231. The lowest BCUT2D eigenvalue weighted by Gasteiger charge is -2.32. The van der Waals surface area contributed by atoms with Crippen molar-refractivity contribution in [2.45, 2.75) is 32.2 Å². The second kappa shape index (κ2) is 6.45. The SMILES string of the molecule is CCC(=O)NC1CCN(C(=O)c2ccncc2F)CC1. The van der Waals surface area contributed by atoms with E-state index in [-0.39, 0.29) is 23.4 Å². The molecular weight excluding hydrogens is 261 g/mol. The molecule has 20 heavy (non-hydrogen) atoms. The highest BCUT2D eigenvalue weighted by Gasteiger charge is 2.25. The van der Waals surface area contributed by atoms with Crippen LogP contribution in [0.1, 0.15) is 36.5 Å². The molecule has 0 atom stereocenters. The van der Waals surface area contributed by atoms with E-state index in [9.17, 15) is 14.0 Å². The van der Waals surface area contributed by atoms with Crippen molar-refractivity contribution < 1.29 is 14.0 Å². The summed E-state index contributed by atoms with van der Waals surface area (Å²) in [6, 6.07) is 1.50. The number of carbonyl (C=O) groups is 2. The number of nitrogens with zero attached hydrogens (tertiary/aromatic N) is 2. The predicted molar refractivity (Wildman–Crippen MR) is 71.6 cm³/mol. The van der Waals surface area contributed by atoms with Gasteiger partial charge in [0, 0.05) is 31.7 Å². The van der Waals surface area contributed by atoms with Crippen LogP contribution in [0.25, 0.3) is 0 Å². The maximum Gasteiger partial charge on any atom is 0.256 e. The van der Waals surface area contributed by atoms with Gasteiger partial charge in [-0.1, -0.05) is 6.92 Å². The Balaban J connectivity index is 1.92. The molecule has 108 valence electrons. The first-order valence-corrected chi connectivity index (χ1v) is 6.80. The highest BCUT2D eigenvalue weighted by atomic mass is 19.1. The van der Waals surface area contributed by atoms with Crippen molar-refractivity contribution in [1.29, 1.82) is 0 Å². The topological polar surface area (TPSA) is 62.3 Å². The van der Waals surface area contributed by atoms with E-state index in [2.05, 4.69) is 10.3 Å². The van der Waals surface area contributed by atoms with Crippen LogP contribution in [0.3, 0.4) is 0 Å². The number of aromatic nitrogens is 1. The van der Waals surface area contributed by atoms with E-state index in [1.165, 1.54) is 12.3 Å². The third kappa shape index (κ3) is 3.31. The third-order valence-corrected chi connectivity index (χ3v) is 3.47. The quantitative estimate of drug-likeness (QED) is 0.908. The van der Waals surface area contributed by atoms with Crippen LogP contribution < -0.4 is 5.32 Å². The zero-order chi connectivity index (χ0) is 14.5. The molecule has 1 aromatic rings. The summed E-state index contributed by atoms with van der Waals surface area (Å²) in [7, 11) is 0. The highest BCUT2D eigenvalue weighted by Crippen LogP contribution is 2.15. The van der Waals surface area contributed by atoms with Gasteiger partial charge in [-0.25, -0.2) is 4.39 Å². The molecule has 0 aromatic carbocycles. The lowest BCUT2D eigenvalue weighted by molar-refractivity contribution is -0.121. The molecule has 1 saturated heterocycles. The Morgan fingerprint density at radius 3 is 2.75 bits per heavy atom. The maximum absolute atomic E-state index is 13.5. The van der Waals surface area contributed by atoms with Crippen molar-refractivity contribution in [2.75, 3.05) is 13.1 Å². The molecule has 1 aromatic heterocycles. The van der Waals surface area contributed by atoms with Gasteiger partial charge in [0.2, 0.25) is 5.91 Å². The molecule has 1 aliphatic heterocycles. The molecule has 6 heteroatoms. The van der Waals surface area contributed by atoms with E-state index in [1.54, 1.807) is 11.8 Å². The number of hydrogen-bond donors (Lipinski definition) is 1. The van der Waals surface area contributed by atoms with Gasteiger partial charge in [0.1, 0.15) is 0 Å². The standard InChI is InChI=1S/C14H18FN3O2/c1-2-13(19)17-10-4-7-18(8-5-10)14(20)11-3-6-16-9-12(11)15/h3,6,9-10H,2,4-5,7-8H2,1H3,(H,17,19). The molecule has 0 unspecified atom stereocenters. The molecule has 0 aliphatic carbocycles. The van der Waals surface area contributed by atoms with Crippen LogP contribution in [0, 0.1) is 5.82 Å². The predicted octanol–water partition coefficient (Wildman–Crippen LogP) is 1.35. The zero-order valence-corrected chi connectivity index (χ0v) is 11.4. The Morgan fingerprint density at radius 2 is 2.15 bits per heavy atom. The van der Waals surface area contributed by atoms with Crippen LogP contribution in [-0.4, -0.2) is 40.8 Å². The van der Waals surface area contributed by atoms with Gasteiger partial charge in [0.05, 0.1) is 11.8 Å². The van der Waals surface area contributed by atoms with E-state index in [0.29, 0.717) is 32.4 Å². The van der Waals surface area contributed by atoms with Crippen LogP contribution in [0.2, 0.25) is 0 Å². The Hall–Kier alpha value is -1.98. The fourth-order valence-corrected chi connectivity index (χ4v) is 2.28. The molecule has 0 radical (unpaired) electrons. The summed E-state index contributed by atoms with van der Waals surface area (Å²) in [5, 5.41) is 2.92. The average Bonchev–Trinajstić information content (AvgIpc) is 2.47. The van der Waals surface area contributed by atoms with Crippen molar-refractivity contribution in [3.8, 4) is 0 Å². The zero-order valence-electron chi connectivity index (χ0n) is 11.4. The molecule has 1 N–H and O–H groups in total.